The number of hydrogen-bond donors (Lipinski definition) is 3. The number of anilines is 1. The van der Waals surface area contributed by atoms with E-state index < -0.39 is 30.6 Å². The van der Waals surface area contributed by atoms with Crippen molar-refractivity contribution < 1.29 is 33.4 Å². The number of aromatic nitrogens is 1. The van der Waals surface area contributed by atoms with E-state index in [4.69, 9.17) is 9.84 Å². The fraction of sp³-hybridized carbons (Fsp3) is 0.667. The van der Waals surface area contributed by atoms with Crippen molar-refractivity contribution >= 4 is 40.5 Å². The first kappa shape index (κ1) is 31.9. The standard InChI is InChI=1S/C36H47FN4O6/c37-21-28(39-35(45)46)23-9-11-24(12-10-23)33(43)40-18-15-27(22-7-3-1-4-8-22)31(40)32(42)38-26-13-14-29-25(19-26)20-30-34(44)47-36(41(29)30)16-5-2-6-17-36/h13-14,19-20,22-24,27-28,31,39H,1-12,15-18,21H2,(H,38,42)(H,45,46)/t23?,24?,27-,28+,31-/m0/s1. The van der Waals surface area contributed by atoms with Crippen LogP contribution in [0.2, 0.25) is 0 Å². The lowest BCUT2D eigenvalue weighted by Gasteiger charge is -2.37. The van der Waals surface area contributed by atoms with E-state index in [2.05, 4.69) is 15.2 Å². The van der Waals surface area contributed by atoms with Gasteiger partial charge in [0.1, 0.15) is 18.4 Å². The minimum absolute atomic E-state index is 0.0134. The highest BCUT2D eigenvalue weighted by atomic mass is 19.1. The number of nitrogens with one attached hydrogen (secondary N) is 2. The Hall–Kier alpha value is -3.63. The van der Waals surface area contributed by atoms with Crippen molar-refractivity contribution in [1.29, 1.82) is 0 Å². The van der Waals surface area contributed by atoms with Gasteiger partial charge in [0, 0.05) is 36.4 Å². The summed E-state index contributed by atoms with van der Waals surface area (Å²) in [5.74, 6) is -0.393. The molecule has 7 rings (SSSR count). The van der Waals surface area contributed by atoms with Crippen molar-refractivity contribution in [2.75, 3.05) is 18.5 Å². The number of benzene rings is 1. The molecule has 1 saturated heterocycles. The number of esters is 1. The quantitative estimate of drug-likeness (QED) is 0.291. The van der Waals surface area contributed by atoms with Crippen molar-refractivity contribution in [3.05, 3.63) is 30.0 Å². The Bertz CT molecular complexity index is 1520. The molecule has 3 heterocycles. The van der Waals surface area contributed by atoms with Crippen LogP contribution in [0.15, 0.2) is 24.3 Å². The van der Waals surface area contributed by atoms with Crippen LogP contribution in [0.25, 0.3) is 10.9 Å². The maximum atomic E-state index is 14.2. The minimum atomic E-state index is -1.23. The highest BCUT2D eigenvalue weighted by molar-refractivity contribution is 6.02. The molecule has 254 valence electrons. The lowest BCUT2D eigenvalue weighted by atomic mass is 9.76. The molecular formula is C36H47FN4O6. The fourth-order valence-corrected chi connectivity index (χ4v) is 9.70. The van der Waals surface area contributed by atoms with Crippen LogP contribution in [-0.2, 0) is 20.1 Å². The zero-order valence-electron chi connectivity index (χ0n) is 27.1. The van der Waals surface area contributed by atoms with E-state index in [0.29, 0.717) is 49.5 Å². The van der Waals surface area contributed by atoms with Crippen LogP contribution in [0.1, 0.15) is 107 Å². The molecule has 3 saturated carbocycles. The number of rotatable bonds is 7. The smallest absolute Gasteiger partial charge is 0.404 e. The third-order valence-electron chi connectivity index (χ3n) is 12.0. The molecular weight excluding hydrogens is 603 g/mol. The first-order valence-electron chi connectivity index (χ1n) is 17.8. The molecule has 3 amide bonds. The van der Waals surface area contributed by atoms with Crippen molar-refractivity contribution in [2.24, 2.45) is 23.7 Å². The van der Waals surface area contributed by atoms with E-state index >= 15 is 0 Å². The highest BCUT2D eigenvalue weighted by Gasteiger charge is 2.48. The Morgan fingerprint density at radius 1 is 0.957 bits per heavy atom. The Morgan fingerprint density at radius 3 is 2.38 bits per heavy atom. The number of carbonyl (C=O) groups is 4. The van der Waals surface area contributed by atoms with E-state index in [0.717, 1.165) is 75.1 Å². The number of alkyl halides is 1. The summed E-state index contributed by atoms with van der Waals surface area (Å²) in [6.07, 6.45) is 12.2. The number of ether oxygens (including phenoxy) is 1. The van der Waals surface area contributed by atoms with Crippen LogP contribution >= 0.6 is 0 Å². The molecule has 5 aliphatic rings. The number of carbonyl (C=O) groups excluding carboxylic acids is 3. The van der Waals surface area contributed by atoms with Crippen molar-refractivity contribution in [2.45, 2.75) is 114 Å². The van der Waals surface area contributed by atoms with Gasteiger partial charge in [-0.05, 0) is 87.0 Å². The molecule has 1 spiro atoms. The van der Waals surface area contributed by atoms with E-state index in [1.54, 1.807) is 0 Å². The van der Waals surface area contributed by atoms with Gasteiger partial charge in [0.15, 0.2) is 5.72 Å². The van der Waals surface area contributed by atoms with Crippen molar-refractivity contribution in [3.63, 3.8) is 0 Å². The van der Waals surface area contributed by atoms with Gasteiger partial charge in [-0.25, -0.2) is 14.0 Å². The number of carboxylic acid groups (broad SMARTS) is 1. The lowest BCUT2D eigenvalue weighted by molar-refractivity contribution is -0.142. The Balaban J connectivity index is 1.09. The van der Waals surface area contributed by atoms with Gasteiger partial charge in [-0.3, -0.25) is 14.2 Å². The number of fused-ring (bicyclic) bond motifs is 4. The molecule has 3 atom stereocenters. The maximum Gasteiger partial charge on any atom is 0.404 e. The minimum Gasteiger partial charge on any atom is -0.465 e. The number of likely N-dealkylation sites (tertiary alicyclic amines) is 1. The Morgan fingerprint density at radius 2 is 1.68 bits per heavy atom. The zero-order chi connectivity index (χ0) is 32.7. The van der Waals surface area contributed by atoms with Gasteiger partial charge in [-0.1, -0.05) is 38.5 Å². The molecule has 0 unspecified atom stereocenters. The molecule has 2 aromatic rings. The second-order valence-electron chi connectivity index (χ2n) is 14.7. The third kappa shape index (κ3) is 5.99. The zero-order valence-corrected chi connectivity index (χ0v) is 27.1. The SMILES string of the molecule is O=C(O)N[C@H](CF)C1CCC(C(=O)N2CC[C@@H](C3CCCCC3)[C@H]2C(=O)Nc2ccc3c(c2)cc2n3C3(CCCCC3)OC2=O)CC1. The molecule has 0 bridgehead atoms. The molecule has 3 N–H and O–H groups in total. The molecule has 1 aromatic carbocycles. The molecule has 2 aliphatic heterocycles. The van der Waals surface area contributed by atoms with E-state index in [1.807, 2.05) is 29.2 Å². The lowest BCUT2D eigenvalue weighted by Crippen LogP contribution is -2.50. The van der Waals surface area contributed by atoms with Crippen LogP contribution in [0, 0.1) is 23.7 Å². The van der Waals surface area contributed by atoms with Crippen LogP contribution in [0.4, 0.5) is 14.9 Å². The van der Waals surface area contributed by atoms with Crippen molar-refractivity contribution in [3.8, 4) is 0 Å². The summed E-state index contributed by atoms with van der Waals surface area (Å²) in [5.41, 5.74) is 1.51. The summed E-state index contributed by atoms with van der Waals surface area (Å²) in [6.45, 7) is -0.225. The first-order chi connectivity index (χ1) is 22.8. The van der Waals surface area contributed by atoms with Gasteiger partial charge < -0.3 is 25.4 Å². The molecule has 0 radical (unpaired) electrons. The second-order valence-corrected chi connectivity index (χ2v) is 14.7. The Kier molecular flexibility index (Phi) is 8.91. The van der Waals surface area contributed by atoms with Gasteiger partial charge in [-0.2, -0.15) is 0 Å². The molecule has 4 fully saturated rings. The third-order valence-corrected chi connectivity index (χ3v) is 12.0. The van der Waals surface area contributed by atoms with Crippen molar-refractivity contribution in [1.82, 2.24) is 14.8 Å². The molecule has 11 heteroatoms. The average molecular weight is 651 g/mol. The predicted octanol–water partition coefficient (Wildman–Crippen LogP) is 6.58. The largest absolute Gasteiger partial charge is 0.465 e. The number of hydrogen-bond acceptors (Lipinski definition) is 5. The summed E-state index contributed by atoms with van der Waals surface area (Å²) >= 11 is 0. The fourth-order valence-electron chi connectivity index (χ4n) is 9.70. The first-order valence-corrected chi connectivity index (χ1v) is 17.8. The highest BCUT2D eigenvalue weighted by Crippen LogP contribution is 2.46. The number of nitrogens with zero attached hydrogens (tertiary/aromatic N) is 2. The normalized spacial score (nSPS) is 28.2. The number of halogens is 1. The maximum absolute atomic E-state index is 14.2. The van der Waals surface area contributed by atoms with E-state index in [1.165, 1.54) is 6.42 Å². The summed E-state index contributed by atoms with van der Waals surface area (Å²) in [5, 5.41) is 15.4. The summed E-state index contributed by atoms with van der Waals surface area (Å²) in [4.78, 5) is 54.1. The van der Waals surface area contributed by atoms with E-state index in [9.17, 15) is 23.6 Å². The van der Waals surface area contributed by atoms with E-state index in [-0.39, 0.29) is 35.5 Å². The van der Waals surface area contributed by atoms with Gasteiger partial charge in [-0.15, -0.1) is 0 Å². The summed E-state index contributed by atoms with van der Waals surface area (Å²) in [7, 11) is 0. The van der Waals surface area contributed by atoms with Gasteiger partial charge in [0.25, 0.3) is 0 Å². The second kappa shape index (κ2) is 13.1. The summed E-state index contributed by atoms with van der Waals surface area (Å²) < 4.78 is 21.6. The van der Waals surface area contributed by atoms with Gasteiger partial charge in [0.2, 0.25) is 11.8 Å². The number of amides is 3. The van der Waals surface area contributed by atoms with Crippen LogP contribution < -0.4 is 10.6 Å². The van der Waals surface area contributed by atoms with Gasteiger partial charge >= 0.3 is 12.1 Å². The monoisotopic (exact) mass is 650 g/mol. The topological polar surface area (TPSA) is 130 Å². The summed E-state index contributed by atoms with van der Waals surface area (Å²) in [6, 6.07) is 6.31. The van der Waals surface area contributed by atoms with Gasteiger partial charge in [0.05, 0.1) is 11.6 Å². The Labute approximate surface area is 274 Å². The van der Waals surface area contributed by atoms with Crippen LogP contribution in [0.3, 0.4) is 0 Å². The average Bonchev–Trinajstić information content (AvgIpc) is 3.77. The molecule has 10 nitrogen and oxygen atoms in total. The predicted molar refractivity (Wildman–Crippen MR) is 174 cm³/mol. The molecule has 1 aromatic heterocycles. The molecule has 3 aliphatic carbocycles. The van der Waals surface area contributed by atoms with Crippen LogP contribution in [-0.4, -0.2) is 63.8 Å². The van der Waals surface area contributed by atoms with Crippen LogP contribution in [0.5, 0.6) is 0 Å². The molecule has 47 heavy (non-hydrogen) atoms.